The predicted molar refractivity (Wildman–Crippen MR) is 219 cm³/mol. The van der Waals surface area contributed by atoms with Crippen molar-refractivity contribution in [2.75, 3.05) is 11.5 Å². The summed E-state index contributed by atoms with van der Waals surface area (Å²) in [4.78, 5) is 5.18. The van der Waals surface area contributed by atoms with Gasteiger partial charge in [0.05, 0.1) is 6.61 Å². The molecule has 11 atom stereocenters. The highest BCUT2D eigenvalue weighted by molar-refractivity contribution is 5.56. The Morgan fingerprint density at radius 2 is 1.66 bits per heavy atom. The molecule has 3 saturated carbocycles. The number of aliphatic hydroxyl groups excluding tert-OH is 1. The van der Waals surface area contributed by atoms with Gasteiger partial charge in [-0.05, 0) is 164 Å². The Bertz CT molecular complexity index is 1640. The highest BCUT2D eigenvalue weighted by atomic mass is 17.1. The number of hydrogen-bond donors (Lipinski definition) is 4. The van der Waals surface area contributed by atoms with E-state index in [4.69, 9.17) is 21.1 Å². The van der Waals surface area contributed by atoms with Gasteiger partial charge in [-0.2, -0.15) is 0 Å². The molecule has 0 aromatic heterocycles. The van der Waals surface area contributed by atoms with E-state index in [0.29, 0.717) is 45.9 Å². The van der Waals surface area contributed by atoms with E-state index in [9.17, 15) is 10.4 Å². The molecule has 4 aliphatic rings. The first kappa shape index (κ1) is 39.6. The number of fused-ring (bicyclic) bond motifs is 5. The van der Waals surface area contributed by atoms with Crippen molar-refractivity contribution in [2.45, 2.75) is 125 Å². The zero-order chi connectivity index (χ0) is 38.1. The highest BCUT2D eigenvalue weighted by Crippen LogP contribution is 2.67. The van der Waals surface area contributed by atoms with Crippen LogP contribution in [0.15, 0.2) is 66.3 Å². The van der Waals surface area contributed by atoms with Gasteiger partial charge in [-0.25, -0.2) is 4.89 Å². The van der Waals surface area contributed by atoms with Gasteiger partial charge in [0.1, 0.15) is 18.0 Å². The molecule has 6 nitrogen and oxygen atoms in total. The number of allylic oxidation sites excluding steroid dienone is 4. The number of anilines is 2. The number of nitrogen functional groups attached to an aromatic ring is 2. The molecule has 2 aromatic rings. The van der Waals surface area contributed by atoms with Crippen LogP contribution in [0.5, 0.6) is 5.75 Å². The van der Waals surface area contributed by atoms with Gasteiger partial charge in [0, 0.05) is 16.9 Å². The van der Waals surface area contributed by atoms with E-state index in [0.717, 1.165) is 54.1 Å². The lowest BCUT2D eigenvalue weighted by Crippen LogP contribution is -2.50. The minimum Gasteiger partial charge on any atom is -0.486 e. The topological polar surface area (TPSA) is 111 Å². The normalized spacial score (nSPS) is 32.2. The van der Waals surface area contributed by atoms with Crippen molar-refractivity contribution in [1.29, 1.82) is 0 Å². The van der Waals surface area contributed by atoms with Crippen LogP contribution in [-0.2, 0) is 11.5 Å². The van der Waals surface area contributed by atoms with Crippen molar-refractivity contribution < 1.29 is 20.0 Å². The molecule has 0 spiro atoms. The number of benzene rings is 2. The molecular formula is C47H68N2O4. The lowest BCUT2D eigenvalue weighted by molar-refractivity contribution is -0.278. The third-order valence-electron chi connectivity index (χ3n) is 14.9. The summed E-state index contributed by atoms with van der Waals surface area (Å²) in [5, 5.41) is 20.4. The number of ether oxygens (including phenoxy) is 1. The first-order valence-electron chi connectivity index (χ1n) is 20.7. The molecule has 0 saturated heterocycles. The third-order valence-corrected chi connectivity index (χ3v) is 14.9. The van der Waals surface area contributed by atoms with Crippen molar-refractivity contribution in [1.82, 2.24) is 0 Å². The maximum atomic E-state index is 10.2. The maximum absolute atomic E-state index is 10.2. The van der Waals surface area contributed by atoms with Crippen LogP contribution in [0, 0.1) is 58.2 Å². The molecule has 0 bridgehead atoms. The summed E-state index contributed by atoms with van der Waals surface area (Å²) < 4.78 is 6.23. The number of nitrogens with two attached hydrogens (primary N) is 2. The van der Waals surface area contributed by atoms with Gasteiger partial charge in [0.15, 0.2) is 0 Å². The predicted octanol–water partition coefficient (Wildman–Crippen LogP) is 11.4. The van der Waals surface area contributed by atoms with Crippen LogP contribution in [0.2, 0.25) is 0 Å². The first-order valence-corrected chi connectivity index (χ1v) is 20.7. The fourth-order valence-electron chi connectivity index (χ4n) is 11.8. The number of hydrogen-bond acceptors (Lipinski definition) is 6. The molecule has 0 amide bonds. The summed E-state index contributed by atoms with van der Waals surface area (Å²) in [6.07, 6.45) is 22.1. The molecule has 0 heterocycles. The van der Waals surface area contributed by atoms with Gasteiger partial charge in [0.25, 0.3) is 0 Å². The minimum atomic E-state index is -0.400. The molecule has 6 heteroatoms. The lowest BCUT2D eigenvalue weighted by Gasteiger charge is -2.58. The Morgan fingerprint density at radius 1 is 0.906 bits per heavy atom. The van der Waals surface area contributed by atoms with E-state index in [1.807, 2.05) is 49.4 Å². The number of aliphatic hydroxyl groups is 1. The minimum absolute atomic E-state index is 0.158. The highest BCUT2D eigenvalue weighted by Gasteiger charge is 2.59. The van der Waals surface area contributed by atoms with Crippen molar-refractivity contribution in [3.63, 3.8) is 0 Å². The van der Waals surface area contributed by atoms with Crippen molar-refractivity contribution in [2.24, 2.45) is 58.2 Å². The molecule has 3 fully saturated rings. The molecule has 11 unspecified atom stereocenters. The quantitative estimate of drug-likeness (QED) is 0.0708. The van der Waals surface area contributed by atoms with Crippen molar-refractivity contribution in [3.05, 3.63) is 83.0 Å². The van der Waals surface area contributed by atoms with Gasteiger partial charge in [-0.15, -0.1) is 0 Å². The number of rotatable bonds is 13. The Morgan fingerprint density at radius 3 is 2.34 bits per heavy atom. The van der Waals surface area contributed by atoms with Crippen LogP contribution in [0.4, 0.5) is 11.4 Å². The standard InChI is InChI=1S/C47H68N2O4/c1-8-33(29(2)3)12-9-30(4)41-15-16-42-40-14-13-37-24-34(19-21-46(37,6)43(40)20-22-47(41,42)7)45(53-51)18-11-32-10-17-44(36(23-32)28-50)52-31(5)35-25-38(48)27-39(49)26-35/h9-13,17-18,23,25-27,29-31,33-34,40-43,45,50-51H,8,14-16,19-22,24,28,48-49H2,1-7H3/b12-9+,18-11+. The van der Waals surface area contributed by atoms with Crippen LogP contribution in [-0.4, -0.2) is 16.5 Å². The molecule has 0 radical (unpaired) electrons. The fourth-order valence-corrected chi connectivity index (χ4v) is 11.8. The Kier molecular flexibility index (Phi) is 12.2. The third kappa shape index (κ3) is 8.02. The average molecular weight is 725 g/mol. The van der Waals surface area contributed by atoms with E-state index >= 15 is 0 Å². The zero-order valence-corrected chi connectivity index (χ0v) is 33.6. The van der Waals surface area contributed by atoms with Gasteiger partial charge in [0.2, 0.25) is 0 Å². The average Bonchev–Trinajstić information content (AvgIpc) is 3.49. The van der Waals surface area contributed by atoms with Crippen molar-refractivity contribution >= 4 is 17.5 Å². The van der Waals surface area contributed by atoms with Crippen LogP contribution >= 0.6 is 0 Å². The summed E-state index contributed by atoms with van der Waals surface area (Å²) in [5.74, 6) is 5.99. The molecule has 0 aliphatic heterocycles. The summed E-state index contributed by atoms with van der Waals surface area (Å²) >= 11 is 0. The largest absolute Gasteiger partial charge is 0.486 e. The lowest BCUT2D eigenvalue weighted by atomic mass is 9.46. The smallest absolute Gasteiger partial charge is 0.125 e. The second kappa shape index (κ2) is 16.4. The Labute approximate surface area is 320 Å². The molecular weight excluding hydrogens is 657 g/mol. The second-order valence-corrected chi connectivity index (χ2v) is 18.2. The van der Waals surface area contributed by atoms with Crippen LogP contribution in [0.25, 0.3) is 6.08 Å². The molecule has 6 N–H and O–H groups in total. The molecule has 6 rings (SSSR count). The maximum Gasteiger partial charge on any atom is 0.125 e. The van der Waals surface area contributed by atoms with Gasteiger partial charge in [-0.3, -0.25) is 5.26 Å². The van der Waals surface area contributed by atoms with Crippen molar-refractivity contribution in [3.8, 4) is 5.75 Å². The second-order valence-electron chi connectivity index (χ2n) is 18.2. The van der Waals surface area contributed by atoms with E-state index < -0.39 is 6.10 Å². The van der Waals surface area contributed by atoms with Crippen LogP contribution in [0.3, 0.4) is 0 Å². The summed E-state index contributed by atoms with van der Waals surface area (Å²) in [6.45, 7) is 16.6. The Hall–Kier alpha value is -3.06. The SMILES string of the molecule is CCC(/C=C/C(C)C1CCC2C3CC=C4CC(C(/C=C/c5ccc(OC(C)c6cc(N)cc(N)c6)c(CO)c5)OO)CCC4(C)C3CCC12C)C(C)C. The van der Waals surface area contributed by atoms with Gasteiger partial charge < -0.3 is 21.3 Å². The van der Waals surface area contributed by atoms with Crippen LogP contribution < -0.4 is 16.2 Å². The monoisotopic (exact) mass is 725 g/mol. The zero-order valence-electron chi connectivity index (χ0n) is 33.6. The summed E-state index contributed by atoms with van der Waals surface area (Å²) in [6, 6.07) is 11.2. The molecule has 53 heavy (non-hydrogen) atoms. The first-order chi connectivity index (χ1) is 25.3. The van der Waals surface area contributed by atoms with Gasteiger partial charge >= 0.3 is 0 Å². The summed E-state index contributed by atoms with van der Waals surface area (Å²) in [7, 11) is 0. The van der Waals surface area contributed by atoms with E-state index in [1.165, 1.54) is 38.5 Å². The summed E-state index contributed by atoms with van der Waals surface area (Å²) in [5.41, 5.74) is 17.9. The molecule has 2 aromatic carbocycles. The van der Waals surface area contributed by atoms with E-state index in [2.05, 4.69) is 59.8 Å². The molecule has 290 valence electrons. The Balaban J connectivity index is 1.11. The van der Waals surface area contributed by atoms with E-state index in [-0.39, 0.29) is 24.0 Å². The van der Waals surface area contributed by atoms with Crippen LogP contribution in [0.1, 0.15) is 129 Å². The fraction of sp³-hybridized carbons (Fsp3) is 0.617. The van der Waals surface area contributed by atoms with Gasteiger partial charge in [-0.1, -0.05) is 83.6 Å². The molecule has 4 aliphatic carbocycles. The van der Waals surface area contributed by atoms with E-state index in [1.54, 1.807) is 11.6 Å².